The Hall–Kier alpha value is -4.34. The summed E-state index contributed by atoms with van der Waals surface area (Å²) in [6, 6.07) is 14.8. The molecule has 1 saturated carbocycles. The number of primary amides is 1. The highest BCUT2D eigenvalue weighted by Crippen LogP contribution is 2.29. The number of Topliss-reactive ketones (excluding diaryl/α,β-unsaturated/α-hetero) is 2. The Labute approximate surface area is 246 Å². The summed E-state index contributed by atoms with van der Waals surface area (Å²) in [6.45, 7) is 1.61. The molecule has 3 rings (SSSR count). The van der Waals surface area contributed by atoms with E-state index in [9.17, 15) is 28.8 Å². The first-order valence-electron chi connectivity index (χ1n) is 14.4. The van der Waals surface area contributed by atoms with Crippen molar-refractivity contribution in [2.24, 2.45) is 11.7 Å². The van der Waals surface area contributed by atoms with Crippen LogP contribution in [0.4, 0.5) is 0 Å². The monoisotopic (exact) mass is 576 g/mol. The van der Waals surface area contributed by atoms with Crippen LogP contribution in [-0.2, 0) is 30.4 Å². The van der Waals surface area contributed by atoms with Gasteiger partial charge < -0.3 is 21.7 Å². The van der Waals surface area contributed by atoms with Crippen molar-refractivity contribution in [2.45, 2.75) is 76.8 Å². The molecular weight excluding hydrogens is 536 g/mol. The number of nitrogens with two attached hydrogens (primary N) is 1. The van der Waals surface area contributed by atoms with Crippen molar-refractivity contribution in [3.8, 4) is 0 Å². The predicted octanol–water partition coefficient (Wildman–Crippen LogP) is 2.31. The summed E-state index contributed by atoms with van der Waals surface area (Å²) in [6.07, 6.45) is 3.29. The van der Waals surface area contributed by atoms with Crippen LogP contribution in [0.2, 0.25) is 0 Å². The number of ketones is 2. The average Bonchev–Trinajstić information content (AvgIpc) is 3.51. The molecule has 2 aromatic carbocycles. The van der Waals surface area contributed by atoms with Gasteiger partial charge in [-0.15, -0.1) is 0 Å². The molecule has 1 fully saturated rings. The molecule has 2 aromatic rings. The van der Waals surface area contributed by atoms with E-state index in [4.69, 9.17) is 5.73 Å². The number of rotatable bonds is 16. The average molecular weight is 577 g/mol. The zero-order chi connectivity index (χ0) is 30.5. The molecule has 1 aliphatic rings. The summed E-state index contributed by atoms with van der Waals surface area (Å²) in [7, 11) is 0. The van der Waals surface area contributed by atoms with Gasteiger partial charge in [0.1, 0.15) is 0 Å². The summed E-state index contributed by atoms with van der Waals surface area (Å²) >= 11 is 0. The second-order valence-electron chi connectivity index (χ2n) is 10.8. The SMILES string of the molecule is Cc1ccc(C(=O)N[C@@H](Cc2ccccc2)C(=O)CCC(=O)N[C@H](C(=O)CCC(=O)NCC(N)=O)C2CCCC2)cc1. The van der Waals surface area contributed by atoms with Gasteiger partial charge in [-0.1, -0.05) is 60.9 Å². The molecular formula is C32H40N4O6. The zero-order valence-corrected chi connectivity index (χ0v) is 24.0. The predicted molar refractivity (Wildman–Crippen MR) is 157 cm³/mol. The molecule has 0 bridgehead atoms. The molecule has 0 aromatic heterocycles. The number of carbonyl (C=O) groups excluding carboxylic acids is 6. The first-order valence-corrected chi connectivity index (χ1v) is 14.4. The zero-order valence-electron chi connectivity index (χ0n) is 24.0. The Morgan fingerprint density at radius 1 is 0.786 bits per heavy atom. The number of nitrogens with one attached hydrogen (secondary N) is 3. The molecule has 0 saturated heterocycles. The van der Waals surface area contributed by atoms with E-state index >= 15 is 0 Å². The fourth-order valence-corrected chi connectivity index (χ4v) is 5.12. The fourth-order valence-electron chi connectivity index (χ4n) is 5.12. The van der Waals surface area contributed by atoms with Crippen molar-refractivity contribution in [1.82, 2.24) is 16.0 Å². The maximum Gasteiger partial charge on any atom is 0.251 e. The van der Waals surface area contributed by atoms with Crippen molar-refractivity contribution in [1.29, 1.82) is 0 Å². The van der Waals surface area contributed by atoms with E-state index in [0.29, 0.717) is 5.56 Å². The minimum atomic E-state index is -0.833. The van der Waals surface area contributed by atoms with Crippen molar-refractivity contribution in [3.63, 3.8) is 0 Å². The Kier molecular flexibility index (Phi) is 12.4. The summed E-state index contributed by atoms with van der Waals surface area (Å²) in [5.41, 5.74) is 7.35. The number of hydrogen-bond donors (Lipinski definition) is 4. The highest BCUT2D eigenvalue weighted by Gasteiger charge is 2.32. The lowest BCUT2D eigenvalue weighted by Gasteiger charge is -2.24. The van der Waals surface area contributed by atoms with Crippen LogP contribution < -0.4 is 21.7 Å². The molecule has 10 nitrogen and oxygen atoms in total. The van der Waals surface area contributed by atoms with Gasteiger partial charge in [-0.25, -0.2) is 0 Å². The number of carbonyl (C=O) groups is 6. The normalized spacial score (nSPS) is 14.4. The Morgan fingerprint density at radius 3 is 2.05 bits per heavy atom. The molecule has 5 N–H and O–H groups in total. The lowest BCUT2D eigenvalue weighted by molar-refractivity contribution is -0.131. The van der Waals surface area contributed by atoms with E-state index in [0.717, 1.165) is 36.8 Å². The van der Waals surface area contributed by atoms with Gasteiger partial charge in [0.2, 0.25) is 17.7 Å². The lowest BCUT2D eigenvalue weighted by atomic mass is 9.92. The van der Waals surface area contributed by atoms with Crippen LogP contribution in [0.3, 0.4) is 0 Å². The first-order chi connectivity index (χ1) is 20.1. The fraction of sp³-hybridized carbons (Fsp3) is 0.438. The van der Waals surface area contributed by atoms with Gasteiger partial charge in [0.15, 0.2) is 11.6 Å². The van der Waals surface area contributed by atoms with E-state index in [1.165, 1.54) is 0 Å². The molecule has 0 heterocycles. The highest BCUT2D eigenvalue weighted by molar-refractivity contribution is 5.99. The number of hydrogen-bond acceptors (Lipinski definition) is 6. The Bertz CT molecular complexity index is 1260. The minimum Gasteiger partial charge on any atom is -0.368 e. The van der Waals surface area contributed by atoms with E-state index in [1.807, 2.05) is 49.4 Å². The van der Waals surface area contributed by atoms with Gasteiger partial charge in [0.05, 0.1) is 18.6 Å². The third-order valence-corrected chi connectivity index (χ3v) is 7.48. The smallest absolute Gasteiger partial charge is 0.251 e. The van der Waals surface area contributed by atoms with Gasteiger partial charge in [-0.05, 0) is 49.8 Å². The molecule has 0 aliphatic heterocycles. The van der Waals surface area contributed by atoms with E-state index in [2.05, 4.69) is 16.0 Å². The summed E-state index contributed by atoms with van der Waals surface area (Å²) < 4.78 is 0. The van der Waals surface area contributed by atoms with Crippen LogP contribution in [0.1, 0.15) is 72.9 Å². The summed E-state index contributed by atoms with van der Waals surface area (Å²) in [5.74, 6) is -2.55. The molecule has 10 heteroatoms. The van der Waals surface area contributed by atoms with Crippen LogP contribution in [0.25, 0.3) is 0 Å². The van der Waals surface area contributed by atoms with E-state index in [1.54, 1.807) is 12.1 Å². The van der Waals surface area contributed by atoms with Crippen LogP contribution >= 0.6 is 0 Å². The Balaban J connectivity index is 1.60. The van der Waals surface area contributed by atoms with E-state index in [-0.39, 0.29) is 62.0 Å². The van der Waals surface area contributed by atoms with Crippen molar-refractivity contribution < 1.29 is 28.8 Å². The van der Waals surface area contributed by atoms with Gasteiger partial charge in [-0.2, -0.15) is 0 Å². The molecule has 0 unspecified atom stereocenters. The maximum atomic E-state index is 13.3. The maximum absolute atomic E-state index is 13.3. The van der Waals surface area contributed by atoms with Gasteiger partial charge in [-0.3, -0.25) is 28.8 Å². The molecule has 2 atom stereocenters. The van der Waals surface area contributed by atoms with Crippen LogP contribution in [0.15, 0.2) is 54.6 Å². The quantitative estimate of drug-likeness (QED) is 0.239. The minimum absolute atomic E-state index is 0.0366. The molecule has 0 spiro atoms. The molecule has 224 valence electrons. The third-order valence-electron chi connectivity index (χ3n) is 7.48. The number of amides is 4. The first kappa shape index (κ1) is 32.2. The van der Waals surface area contributed by atoms with Crippen molar-refractivity contribution in [3.05, 3.63) is 71.3 Å². The summed E-state index contributed by atoms with van der Waals surface area (Å²) in [5, 5.41) is 8.00. The molecule has 42 heavy (non-hydrogen) atoms. The highest BCUT2D eigenvalue weighted by atomic mass is 16.2. The molecule has 0 radical (unpaired) electrons. The molecule has 4 amide bonds. The number of aryl methyl sites for hydroxylation is 1. The van der Waals surface area contributed by atoms with Crippen molar-refractivity contribution >= 4 is 35.2 Å². The molecule has 1 aliphatic carbocycles. The largest absolute Gasteiger partial charge is 0.368 e. The van der Waals surface area contributed by atoms with Crippen molar-refractivity contribution in [2.75, 3.05) is 6.54 Å². The van der Waals surface area contributed by atoms with Crippen LogP contribution in [0, 0.1) is 12.8 Å². The van der Waals surface area contributed by atoms with E-state index < -0.39 is 29.8 Å². The Morgan fingerprint density at radius 2 is 1.40 bits per heavy atom. The third kappa shape index (κ3) is 10.6. The number of benzene rings is 2. The van der Waals surface area contributed by atoms with Gasteiger partial charge >= 0.3 is 0 Å². The second kappa shape index (κ2) is 16.2. The van der Waals surface area contributed by atoms with Gasteiger partial charge in [0.25, 0.3) is 5.91 Å². The van der Waals surface area contributed by atoms with Gasteiger partial charge in [0, 0.05) is 31.2 Å². The second-order valence-corrected chi connectivity index (χ2v) is 10.8. The lowest BCUT2D eigenvalue weighted by Crippen LogP contribution is -2.46. The topological polar surface area (TPSA) is 165 Å². The van der Waals surface area contributed by atoms with Crippen LogP contribution in [-0.4, -0.2) is 53.8 Å². The standard InChI is InChI=1S/C32H40N4O6/c1-21-11-13-24(14-12-21)32(42)35-25(19-22-7-3-2-4-8-22)26(37)15-18-30(41)36-31(23-9-5-6-10-23)27(38)16-17-29(40)34-20-28(33)39/h2-4,7-8,11-14,23,25,31H,5-6,9-10,15-20H2,1H3,(H2,33,39)(H,34,40)(H,35,42)(H,36,41)/t25-,31-/m0/s1. The summed E-state index contributed by atoms with van der Waals surface area (Å²) in [4.78, 5) is 75.0. The van der Waals surface area contributed by atoms with Crippen LogP contribution in [0.5, 0.6) is 0 Å².